The molecule has 2 aromatic heterocycles. The van der Waals surface area contributed by atoms with Gasteiger partial charge in [0.2, 0.25) is 0 Å². The average molecular weight is 290 g/mol. The van der Waals surface area contributed by atoms with E-state index in [2.05, 4.69) is 40.7 Å². The van der Waals surface area contributed by atoms with Gasteiger partial charge in [0.25, 0.3) is 0 Å². The topological polar surface area (TPSA) is 54.5 Å². The molecule has 0 aliphatic rings. The molecule has 110 valence electrons. The number of aryl methyl sites for hydroxylation is 2. The zero-order valence-corrected chi connectivity index (χ0v) is 13.0. The number of nitrogens with zero attached hydrogens (tertiary/aromatic N) is 4. The van der Waals surface area contributed by atoms with Crippen LogP contribution in [0.15, 0.2) is 36.5 Å². The standard InChI is InChI=1S/C18H18N4/c1-12-5-4-6-15(7-12)17-21-16-8-13(2)10-20-18(16)22(17)11-14(3)9-19/h4-8,10,14H,11H2,1-3H3. The summed E-state index contributed by atoms with van der Waals surface area (Å²) in [4.78, 5) is 9.29. The lowest BCUT2D eigenvalue weighted by atomic mass is 10.1. The number of hydrogen-bond donors (Lipinski definition) is 0. The molecule has 0 spiro atoms. The first kappa shape index (κ1) is 14.3. The van der Waals surface area contributed by atoms with Gasteiger partial charge in [-0.3, -0.25) is 0 Å². The van der Waals surface area contributed by atoms with Crippen LogP contribution in [0.25, 0.3) is 22.6 Å². The quantitative estimate of drug-likeness (QED) is 0.735. The highest BCUT2D eigenvalue weighted by Crippen LogP contribution is 2.25. The van der Waals surface area contributed by atoms with Crippen molar-refractivity contribution in [1.29, 1.82) is 5.26 Å². The highest BCUT2D eigenvalue weighted by atomic mass is 15.1. The Kier molecular flexibility index (Phi) is 3.64. The Morgan fingerprint density at radius 1 is 1.23 bits per heavy atom. The van der Waals surface area contributed by atoms with E-state index in [9.17, 15) is 0 Å². The maximum Gasteiger partial charge on any atom is 0.160 e. The highest BCUT2D eigenvalue weighted by molar-refractivity contribution is 5.77. The van der Waals surface area contributed by atoms with Crippen molar-refractivity contribution in [3.05, 3.63) is 47.7 Å². The number of rotatable bonds is 3. The smallest absolute Gasteiger partial charge is 0.160 e. The summed E-state index contributed by atoms with van der Waals surface area (Å²) in [5.74, 6) is 0.781. The van der Waals surface area contributed by atoms with E-state index in [4.69, 9.17) is 10.2 Å². The Labute approximate surface area is 130 Å². The molecule has 1 unspecified atom stereocenters. The van der Waals surface area contributed by atoms with Gasteiger partial charge in [0.15, 0.2) is 5.65 Å². The summed E-state index contributed by atoms with van der Waals surface area (Å²) in [6.45, 7) is 6.58. The van der Waals surface area contributed by atoms with Crippen LogP contribution in [0.1, 0.15) is 18.1 Å². The molecule has 0 radical (unpaired) electrons. The molecule has 1 aromatic carbocycles. The van der Waals surface area contributed by atoms with Gasteiger partial charge >= 0.3 is 0 Å². The molecule has 0 amide bonds. The number of pyridine rings is 1. The average Bonchev–Trinajstić information content (AvgIpc) is 2.85. The van der Waals surface area contributed by atoms with Crippen LogP contribution in [0.2, 0.25) is 0 Å². The lowest BCUT2D eigenvalue weighted by Crippen LogP contribution is -2.08. The lowest BCUT2D eigenvalue weighted by Gasteiger charge is -2.10. The van der Waals surface area contributed by atoms with Crippen LogP contribution in [0.5, 0.6) is 0 Å². The van der Waals surface area contributed by atoms with Gasteiger partial charge in [0, 0.05) is 18.3 Å². The van der Waals surface area contributed by atoms with Gasteiger partial charge < -0.3 is 4.57 Å². The van der Waals surface area contributed by atoms with Gasteiger partial charge in [0.1, 0.15) is 11.3 Å². The van der Waals surface area contributed by atoms with Crippen LogP contribution in [0.3, 0.4) is 0 Å². The molecular formula is C18H18N4. The summed E-state index contributed by atoms with van der Waals surface area (Å²) in [5, 5.41) is 9.15. The van der Waals surface area contributed by atoms with Crippen LogP contribution in [-0.4, -0.2) is 14.5 Å². The summed E-state index contributed by atoms with van der Waals surface area (Å²) in [7, 11) is 0. The monoisotopic (exact) mass is 290 g/mol. The maximum atomic E-state index is 9.15. The first-order valence-corrected chi connectivity index (χ1v) is 7.38. The summed E-state index contributed by atoms with van der Waals surface area (Å²) >= 11 is 0. The van der Waals surface area contributed by atoms with Crippen molar-refractivity contribution in [2.24, 2.45) is 5.92 Å². The first-order valence-electron chi connectivity index (χ1n) is 7.38. The van der Waals surface area contributed by atoms with E-state index in [-0.39, 0.29) is 5.92 Å². The van der Waals surface area contributed by atoms with Crippen molar-refractivity contribution >= 4 is 11.2 Å². The third kappa shape index (κ3) is 2.58. The molecule has 2 heterocycles. The fourth-order valence-electron chi connectivity index (χ4n) is 2.60. The Bertz CT molecular complexity index is 870. The fourth-order valence-corrected chi connectivity index (χ4v) is 2.60. The van der Waals surface area contributed by atoms with Gasteiger partial charge in [-0.1, -0.05) is 23.8 Å². The zero-order chi connectivity index (χ0) is 15.7. The third-order valence-corrected chi connectivity index (χ3v) is 3.67. The summed E-state index contributed by atoms with van der Waals surface area (Å²) in [5.41, 5.74) is 5.04. The molecule has 0 saturated carbocycles. The summed E-state index contributed by atoms with van der Waals surface area (Å²) in [6, 6.07) is 12.6. The molecule has 0 saturated heterocycles. The Balaban J connectivity index is 2.23. The van der Waals surface area contributed by atoms with Crippen molar-refractivity contribution < 1.29 is 0 Å². The second-order valence-corrected chi connectivity index (χ2v) is 5.80. The SMILES string of the molecule is Cc1cccc(-c2nc3cc(C)cnc3n2CC(C)C#N)c1. The predicted octanol–water partition coefficient (Wildman–Crippen LogP) is 3.87. The summed E-state index contributed by atoms with van der Waals surface area (Å²) < 4.78 is 2.05. The second-order valence-electron chi connectivity index (χ2n) is 5.80. The minimum atomic E-state index is -0.0935. The van der Waals surface area contributed by atoms with Gasteiger partial charge in [-0.25, -0.2) is 9.97 Å². The van der Waals surface area contributed by atoms with Crippen LogP contribution < -0.4 is 0 Å². The Hall–Kier alpha value is -2.67. The number of benzene rings is 1. The molecule has 4 heteroatoms. The molecular weight excluding hydrogens is 272 g/mol. The molecule has 4 nitrogen and oxygen atoms in total. The van der Waals surface area contributed by atoms with Crippen LogP contribution >= 0.6 is 0 Å². The number of fused-ring (bicyclic) bond motifs is 1. The maximum absolute atomic E-state index is 9.15. The summed E-state index contributed by atoms with van der Waals surface area (Å²) in [6.07, 6.45) is 1.84. The van der Waals surface area contributed by atoms with E-state index in [0.29, 0.717) is 6.54 Å². The van der Waals surface area contributed by atoms with Crippen molar-refractivity contribution in [2.45, 2.75) is 27.3 Å². The second kappa shape index (κ2) is 5.61. The van der Waals surface area contributed by atoms with Gasteiger partial charge in [0.05, 0.1) is 12.0 Å². The van der Waals surface area contributed by atoms with E-state index in [1.54, 1.807) is 0 Å². The van der Waals surface area contributed by atoms with Gasteiger partial charge in [-0.05, 0) is 38.5 Å². The van der Waals surface area contributed by atoms with Crippen LogP contribution in [0.4, 0.5) is 0 Å². The zero-order valence-electron chi connectivity index (χ0n) is 13.0. The Morgan fingerprint density at radius 3 is 2.77 bits per heavy atom. The van der Waals surface area contributed by atoms with Crippen molar-refractivity contribution in [2.75, 3.05) is 0 Å². The molecule has 0 N–H and O–H groups in total. The van der Waals surface area contributed by atoms with Gasteiger partial charge in [-0.2, -0.15) is 5.26 Å². The number of imidazole rings is 1. The van der Waals surface area contributed by atoms with Crippen molar-refractivity contribution in [1.82, 2.24) is 14.5 Å². The fraction of sp³-hybridized carbons (Fsp3) is 0.278. The molecule has 0 fully saturated rings. The predicted molar refractivity (Wildman–Crippen MR) is 87.2 cm³/mol. The lowest BCUT2D eigenvalue weighted by molar-refractivity contribution is 0.594. The van der Waals surface area contributed by atoms with E-state index in [0.717, 1.165) is 28.1 Å². The minimum absolute atomic E-state index is 0.0935. The number of hydrogen-bond acceptors (Lipinski definition) is 3. The van der Waals surface area contributed by atoms with E-state index >= 15 is 0 Å². The molecule has 3 rings (SSSR count). The van der Waals surface area contributed by atoms with E-state index in [1.807, 2.05) is 32.2 Å². The molecule has 22 heavy (non-hydrogen) atoms. The molecule has 0 aliphatic heterocycles. The molecule has 3 aromatic rings. The minimum Gasteiger partial charge on any atom is -0.307 e. The van der Waals surface area contributed by atoms with Crippen molar-refractivity contribution in [3.63, 3.8) is 0 Å². The Morgan fingerprint density at radius 2 is 2.05 bits per heavy atom. The highest BCUT2D eigenvalue weighted by Gasteiger charge is 2.16. The first-order chi connectivity index (χ1) is 10.6. The van der Waals surface area contributed by atoms with Gasteiger partial charge in [-0.15, -0.1) is 0 Å². The normalized spacial score (nSPS) is 12.3. The van der Waals surface area contributed by atoms with E-state index in [1.165, 1.54) is 5.56 Å². The molecule has 1 atom stereocenters. The van der Waals surface area contributed by atoms with Crippen LogP contribution in [-0.2, 0) is 6.54 Å². The van der Waals surface area contributed by atoms with E-state index < -0.39 is 0 Å². The van der Waals surface area contributed by atoms with Crippen LogP contribution in [0, 0.1) is 31.1 Å². The number of aromatic nitrogens is 3. The largest absolute Gasteiger partial charge is 0.307 e. The van der Waals surface area contributed by atoms with Crippen molar-refractivity contribution in [3.8, 4) is 17.5 Å². The molecule has 0 bridgehead atoms. The number of nitriles is 1. The third-order valence-electron chi connectivity index (χ3n) is 3.67. The molecule has 0 aliphatic carbocycles.